The molecule has 1 amide bonds. The molecular weight excluding hydrogens is 548 g/mol. The summed E-state index contributed by atoms with van der Waals surface area (Å²) in [4.78, 5) is 25.1. The summed E-state index contributed by atoms with van der Waals surface area (Å²) in [5, 5.41) is 4.03. The van der Waals surface area contributed by atoms with Crippen LogP contribution in [0.3, 0.4) is 0 Å². The van der Waals surface area contributed by atoms with Gasteiger partial charge in [-0.05, 0) is 72.6 Å². The number of methoxy groups -OCH3 is 1. The maximum atomic E-state index is 12.6. The first kappa shape index (κ1) is 26.6. The molecule has 0 saturated heterocycles. The number of hydrogen-bond donors (Lipinski definition) is 1. The van der Waals surface area contributed by atoms with Crippen molar-refractivity contribution in [1.29, 1.82) is 0 Å². The lowest BCUT2D eigenvalue weighted by Crippen LogP contribution is -2.33. The van der Waals surface area contributed by atoms with Crippen LogP contribution in [0.25, 0.3) is 11.1 Å². The molecule has 38 heavy (non-hydrogen) atoms. The van der Waals surface area contributed by atoms with Crippen LogP contribution in [0.2, 0.25) is 0 Å². The van der Waals surface area contributed by atoms with E-state index in [1.54, 1.807) is 56.5 Å². The van der Waals surface area contributed by atoms with Gasteiger partial charge in [0.15, 0.2) is 6.10 Å². The summed E-state index contributed by atoms with van der Waals surface area (Å²) in [5.74, 6) is 0.524. The van der Waals surface area contributed by atoms with Crippen LogP contribution in [0.1, 0.15) is 22.8 Å². The quantitative estimate of drug-likeness (QED) is 0.111. The monoisotopic (exact) mass is 572 g/mol. The minimum atomic E-state index is -0.787. The van der Waals surface area contributed by atoms with Gasteiger partial charge >= 0.3 is 5.97 Å². The standard InChI is InChI=1S/C30H25BrN2O5/c1-20(37-27-15-8-22(9-16-27)21-6-4-3-5-7-21)29(34)33-32-19-24-18-25(31)12-17-28(24)38-30(35)23-10-13-26(36-2)14-11-23/h3-20H,1-2H3,(H,33,34)/b32-19+. The molecule has 1 N–H and O–H groups in total. The molecule has 0 heterocycles. The highest BCUT2D eigenvalue weighted by molar-refractivity contribution is 9.10. The number of hydrazone groups is 1. The molecule has 0 fully saturated rings. The third-order valence-corrected chi connectivity index (χ3v) is 6.02. The molecule has 0 saturated carbocycles. The highest BCUT2D eigenvalue weighted by Crippen LogP contribution is 2.24. The first-order chi connectivity index (χ1) is 18.4. The van der Waals surface area contributed by atoms with Gasteiger partial charge in [-0.15, -0.1) is 0 Å². The maximum Gasteiger partial charge on any atom is 0.343 e. The summed E-state index contributed by atoms with van der Waals surface area (Å²) in [7, 11) is 1.55. The van der Waals surface area contributed by atoms with Crippen LogP contribution in [0.15, 0.2) is 107 Å². The van der Waals surface area contributed by atoms with Gasteiger partial charge in [0.2, 0.25) is 0 Å². The van der Waals surface area contributed by atoms with Crippen molar-refractivity contribution in [3.8, 4) is 28.4 Å². The van der Waals surface area contributed by atoms with E-state index in [0.717, 1.165) is 15.6 Å². The minimum absolute atomic E-state index is 0.287. The van der Waals surface area contributed by atoms with Gasteiger partial charge < -0.3 is 14.2 Å². The largest absolute Gasteiger partial charge is 0.497 e. The fourth-order valence-corrected chi connectivity index (χ4v) is 3.85. The van der Waals surface area contributed by atoms with Crippen LogP contribution in [-0.2, 0) is 4.79 Å². The van der Waals surface area contributed by atoms with E-state index in [9.17, 15) is 9.59 Å². The highest BCUT2D eigenvalue weighted by Gasteiger charge is 2.15. The van der Waals surface area contributed by atoms with E-state index in [1.807, 2.05) is 54.6 Å². The van der Waals surface area contributed by atoms with Crippen LogP contribution in [0.5, 0.6) is 17.2 Å². The number of carbonyl (C=O) groups is 2. The Labute approximate surface area is 229 Å². The predicted octanol–water partition coefficient (Wildman–Crippen LogP) is 6.26. The van der Waals surface area contributed by atoms with Crippen molar-refractivity contribution in [2.24, 2.45) is 5.10 Å². The Balaban J connectivity index is 1.36. The van der Waals surface area contributed by atoms with Gasteiger partial charge in [-0.3, -0.25) is 4.79 Å². The summed E-state index contributed by atoms with van der Waals surface area (Å²) in [6, 6.07) is 29.2. The lowest BCUT2D eigenvalue weighted by Gasteiger charge is -2.13. The molecule has 1 atom stereocenters. The number of halogens is 1. The first-order valence-electron chi connectivity index (χ1n) is 11.7. The number of nitrogens with zero attached hydrogens (tertiary/aromatic N) is 1. The zero-order valence-electron chi connectivity index (χ0n) is 20.8. The lowest BCUT2D eigenvalue weighted by molar-refractivity contribution is -0.127. The van der Waals surface area contributed by atoms with E-state index in [2.05, 4.69) is 26.5 Å². The van der Waals surface area contributed by atoms with Gasteiger partial charge in [0, 0.05) is 10.0 Å². The SMILES string of the molecule is COc1ccc(C(=O)Oc2ccc(Br)cc2/C=N/NC(=O)C(C)Oc2ccc(-c3ccccc3)cc2)cc1. The normalized spacial score (nSPS) is 11.6. The van der Waals surface area contributed by atoms with E-state index >= 15 is 0 Å². The van der Waals surface area contributed by atoms with Crippen molar-refractivity contribution in [2.45, 2.75) is 13.0 Å². The Morgan fingerprint density at radius 3 is 2.21 bits per heavy atom. The fourth-order valence-electron chi connectivity index (χ4n) is 3.47. The lowest BCUT2D eigenvalue weighted by atomic mass is 10.1. The summed E-state index contributed by atoms with van der Waals surface area (Å²) in [5.41, 5.74) is 5.48. The number of amides is 1. The number of rotatable bonds is 9. The average Bonchev–Trinajstić information content (AvgIpc) is 2.95. The second-order valence-corrected chi connectivity index (χ2v) is 9.10. The number of hydrogen-bond acceptors (Lipinski definition) is 6. The first-order valence-corrected chi connectivity index (χ1v) is 12.5. The molecule has 4 rings (SSSR count). The Morgan fingerprint density at radius 1 is 0.868 bits per heavy atom. The van der Waals surface area contributed by atoms with E-state index in [0.29, 0.717) is 22.6 Å². The molecule has 7 nitrogen and oxygen atoms in total. The Kier molecular flexibility index (Phi) is 8.89. The summed E-state index contributed by atoms with van der Waals surface area (Å²) < 4.78 is 17.2. The number of carbonyl (C=O) groups excluding carboxylic acids is 2. The Morgan fingerprint density at radius 2 is 1.53 bits per heavy atom. The number of ether oxygens (including phenoxy) is 3. The van der Waals surface area contributed by atoms with Gasteiger partial charge in [-0.2, -0.15) is 5.10 Å². The maximum absolute atomic E-state index is 12.6. The molecule has 0 bridgehead atoms. The van der Waals surface area contributed by atoms with Crippen LogP contribution < -0.4 is 19.6 Å². The molecule has 0 aliphatic carbocycles. The number of benzene rings is 4. The molecule has 0 aromatic heterocycles. The number of nitrogens with one attached hydrogen (secondary N) is 1. The van der Waals surface area contributed by atoms with Crippen LogP contribution >= 0.6 is 15.9 Å². The van der Waals surface area contributed by atoms with Gasteiger partial charge in [-0.1, -0.05) is 58.4 Å². The zero-order chi connectivity index (χ0) is 26.9. The van der Waals surface area contributed by atoms with Crippen molar-refractivity contribution < 1.29 is 23.8 Å². The molecule has 0 aliphatic heterocycles. The van der Waals surface area contributed by atoms with Crippen molar-refractivity contribution in [2.75, 3.05) is 7.11 Å². The van der Waals surface area contributed by atoms with Crippen molar-refractivity contribution in [3.63, 3.8) is 0 Å². The van der Waals surface area contributed by atoms with Crippen molar-refractivity contribution in [1.82, 2.24) is 5.43 Å². The second-order valence-electron chi connectivity index (χ2n) is 8.18. The molecule has 4 aromatic carbocycles. The average molecular weight is 573 g/mol. The molecule has 8 heteroatoms. The topological polar surface area (TPSA) is 86.2 Å². The van der Waals surface area contributed by atoms with Gasteiger partial charge in [0.05, 0.1) is 18.9 Å². The van der Waals surface area contributed by atoms with E-state index in [1.165, 1.54) is 6.21 Å². The minimum Gasteiger partial charge on any atom is -0.497 e. The van der Waals surface area contributed by atoms with E-state index < -0.39 is 18.0 Å². The molecule has 0 spiro atoms. The molecule has 1 unspecified atom stereocenters. The predicted molar refractivity (Wildman–Crippen MR) is 150 cm³/mol. The summed E-state index contributed by atoms with van der Waals surface area (Å²) >= 11 is 3.40. The molecule has 0 aliphatic rings. The Hall–Kier alpha value is -4.43. The summed E-state index contributed by atoms with van der Waals surface area (Å²) in [6.45, 7) is 1.64. The summed E-state index contributed by atoms with van der Waals surface area (Å²) in [6.07, 6.45) is 0.616. The second kappa shape index (κ2) is 12.7. The number of esters is 1. The van der Waals surface area contributed by atoms with Crippen molar-refractivity contribution >= 4 is 34.0 Å². The molecule has 0 radical (unpaired) electrons. The highest BCUT2D eigenvalue weighted by atomic mass is 79.9. The van der Waals surface area contributed by atoms with Crippen LogP contribution in [-0.4, -0.2) is 31.3 Å². The van der Waals surface area contributed by atoms with Crippen LogP contribution in [0.4, 0.5) is 0 Å². The van der Waals surface area contributed by atoms with Gasteiger partial charge in [0.25, 0.3) is 5.91 Å². The Bertz CT molecular complexity index is 1420. The smallest absolute Gasteiger partial charge is 0.343 e. The van der Waals surface area contributed by atoms with Gasteiger partial charge in [0.1, 0.15) is 17.2 Å². The fraction of sp³-hybridized carbons (Fsp3) is 0.100. The van der Waals surface area contributed by atoms with Crippen LogP contribution in [0, 0.1) is 0 Å². The third-order valence-electron chi connectivity index (χ3n) is 5.52. The third kappa shape index (κ3) is 7.08. The zero-order valence-corrected chi connectivity index (χ0v) is 22.3. The molecule has 4 aromatic rings. The van der Waals surface area contributed by atoms with E-state index in [-0.39, 0.29) is 5.75 Å². The van der Waals surface area contributed by atoms with E-state index in [4.69, 9.17) is 14.2 Å². The molecule has 192 valence electrons. The van der Waals surface area contributed by atoms with Gasteiger partial charge in [-0.25, -0.2) is 10.2 Å². The van der Waals surface area contributed by atoms with Crippen molar-refractivity contribution in [3.05, 3.63) is 113 Å². The molecular formula is C30H25BrN2O5.